The Labute approximate surface area is 161 Å². The van der Waals surface area contributed by atoms with Crippen LogP contribution < -0.4 is 5.32 Å². The number of hydrogen-bond donors (Lipinski definition) is 3. The molecule has 0 saturated carbocycles. The van der Waals surface area contributed by atoms with Crippen molar-refractivity contribution in [2.24, 2.45) is 0 Å². The predicted molar refractivity (Wildman–Crippen MR) is 114 cm³/mol. The van der Waals surface area contributed by atoms with E-state index in [-0.39, 0.29) is 17.2 Å². The third-order valence-corrected chi connectivity index (χ3v) is 5.17. The van der Waals surface area contributed by atoms with Gasteiger partial charge in [0, 0.05) is 27.4 Å². The van der Waals surface area contributed by atoms with Crippen molar-refractivity contribution in [1.82, 2.24) is 4.98 Å². The number of aromatic nitrogens is 1. The number of rotatable bonds is 2. The van der Waals surface area contributed by atoms with E-state index >= 15 is 0 Å². The van der Waals surface area contributed by atoms with Crippen molar-refractivity contribution in [3.05, 3.63) is 83.9 Å². The summed E-state index contributed by atoms with van der Waals surface area (Å²) in [5, 5.41) is 17.4. The third kappa shape index (κ3) is 2.58. The van der Waals surface area contributed by atoms with Crippen LogP contribution in [0.3, 0.4) is 0 Å². The molecule has 5 aromatic rings. The molecule has 5 rings (SSSR count). The molecule has 0 fully saturated rings. The quantitative estimate of drug-likeness (QED) is 0.373. The lowest BCUT2D eigenvalue weighted by atomic mass is 10.0. The van der Waals surface area contributed by atoms with E-state index in [0.29, 0.717) is 5.69 Å². The molecule has 28 heavy (non-hydrogen) atoms. The highest BCUT2D eigenvalue weighted by molar-refractivity contribution is 6.18. The van der Waals surface area contributed by atoms with Crippen LogP contribution in [0.1, 0.15) is 15.9 Å². The second-order valence-electron chi connectivity index (χ2n) is 7.07. The van der Waals surface area contributed by atoms with E-state index in [4.69, 9.17) is 0 Å². The highest BCUT2D eigenvalue weighted by Crippen LogP contribution is 2.34. The molecule has 0 atom stereocenters. The molecule has 4 heteroatoms. The molecule has 0 spiro atoms. The van der Waals surface area contributed by atoms with E-state index in [0.717, 1.165) is 38.1 Å². The summed E-state index contributed by atoms with van der Waals surface area (Å²) < 4.78 is 0. The molecule has 0 bridgehead atoms. The monoisotopic (exact) mass is 366 g/mol. The molecule has 0 aliphatic carbocycles. The van der Waals surface area contributed by atoms with Gasteiger partial charge in [-0.25, -0.2) is 0 Å². The Morgan fingerprint density at radius 1 is 0.893 bits per heavy atom. The number of amides is 1. The number of fused-ring (bicyclic) bond motifs is 5. The second kappa shape index (κ2) is 6.13. The van der Waals surface area contributed by atoms with E-state index in [9.17, 15) is 9.90 Å². The Kier molecular flexibility index (Phi) is 3.59. The molecular weight excluding hydrogens is 348 g/mol. The van der Waals surface area contributed by atoms with Gasteiger partial charge >= 0.3 is 0 Å². The number of carbonyl (C=O) groups is 1. The van der Waals surface area contributed by atoms with Gasteiger partial charge in [-0.2, -0.15) is 0 Å². The lowest BCUT2D eigenvalue weighted by Gasteiger charge is -2.09. The number of carbonyl (C=O) groups excluding carboxylic acids is 1. The summed E-state index contributed by atoms with van der Waals surface area (Å²) in [6.45, 7) is 1.99. The zero-order valence-electron chi connectivity index (χ0n) is 15.3. The summed E-state index contributed by atoms with van der Waals surface area (Å²) in [4.78, 5) is 16.1. The van der Waals surface area contributed by atoms with Crippen LogP contribution in [0, 0.1) is 6.92 Å². The van der Waals surface area contributed by atoms with E-state index in [2.05, 4.69) is 22.4 Å². The first-order chi connectivity index (χ1) is 13.6. The number of aromatic amines is 1. The van der Waals surface area contributed by atoms with Gasteiger partial charge in [0.05, 0.1) is 11.1 Å². The van der Waals surface area contributed by atoms with Crippen molar-refractivity contribution in [3.8, 4) is 5.75 Å². The van der Waals surface area contributed by atoms with Crippen LogP contribution in [0.25, 0.3) is 32.6 Å². The van der Waals surface area contributed by atoms with Gasteiger partial charge in [0.25, 0.3) is 5.91 Å². The molecular formula is C24H18N2O2. The number of benzene rings is 4. The van der Waals surface area contributed by atoms with Crippen LogP contribution in [0.15, 0.2) is 72.8 Å². The third-order valence-electron chi connectivity index (χ3n) is 5.17. The average Bonchev–Trinajstić information content (AvgIpc) is 3.08. The lowest BCUT2D eigenvalue weighted by molar-refractivity contribution is 0.102. The van der Waals surface area contributed by atoms with Gasteiger partial charge in [-0.15, -0.1) is 0 Å². The molecule has 0 saturated heterocycles. The maximum Gasteiger partial charge on any atom is 0.259 e. The van der Waals surface area contributed by atoms with Crippen molar-refractivity contribution in [2.75, 3.05) is 5.32 Å². The van der Waals surface area contributed by atoms with Gasteiger partial charge < -0.3 is 15.4 Å². The van der Waals surface area contributed by atoms with E-state index < -0.39 is 0 Å². The van der Waals surface area contributed by atoms with Crippen LogP contribution in [0.5, 0.6) is 5.75 Å². The minimum Gasteiger partial charge on any atom is -0.507 e. The van der Waals surface area contributed by atoms with Crippen molar-refractivity contribution < 1.29 is 9.90 Å². The number of para-hydroxylation sites is 1. The van der Waals surface area contributed by atoms with E-state index in [1.54, 1.807) is 12.1 Å². The summed E-state index contributed by atoms with van der Waals surface area (Å²) in [7, 11) is 0. The topological polar surface area (TPSA) is 65.1 Å². The number of anilines is 1. The molecule has 1 heterocycles. The standard InChI is InChI=1S/C24H18N2O2/c1-14-6-9-16(10-7-14)25-24(28)20-12-15-8-11-18-17-4-2-3-5-21(17)26-23(18)19(15)13-22(20)27/h2-13,26-27H,1H3,(H,25,28). The Balaban J connectivity index is 1.62. The van der Waals surface area contributed by atoms with Gasteiger partial charge in [-0.1, -0.05) is 48.0 Å². The number of nitrogens with one attached hydrogen (secondary N) is 2. The van der Waals surface area contributed by atoms with Crippen LogP contribution in [-0.4, -0.2) is 16.0 Å². The number of phenolic OH excluding ortho intramolecular Hbond substituents is 1. The summed E-state index contributed by atoms with van der Waals surface area (Å²) >= 11 is 0. The zero-order valence-corrected chi connectivity index (χ0v) is 15.3. The average molecular weight is 366 g/mol. The minimum atomic E-state index is -0.333. The molecule has 3 N–H and O–H groups in total. The molecule has 1 aromatic heterocycles. The first-order valence-electron chi connectivity index (χ1n) is 9.14. The largest absolute Gasteiger partial charge is 0.507 e. The van der Waals surface area contributed by atoms with E-state index in [1.165, 1.54) is 0 Å². The molecule has 4 nitrogen and oxygen atoms in total. The first kappa shape index (κ1) is 16.4. The van der Waals surface area contributed by atoms with Gasteiger partial charge in [0.15, 0.2) is 0 Å². The summed E-state index contributed by atoms with van der Waals surface area (Å²) in [6, 6.07) is 23.1. The van der Waals surface area contributed by atoms with Gasteiger partial charge in [-0.05, 0) is 42.6 Å². The fraction of sp³-hybridized carbons (Fsp3) is 0.0417. The Morgan fingerprint density at radius 2 is 1.68 bits per heavy atom. The molecule has 136 valence electrons. The van der Waals surface area contributed by atoms with Crippen LogP contribution in [0.4, 0.5) is 5.69 Å². The van der Waals surface area contributed by atoms with Crippen LogP contribution >= 0.6 is 0 Å². The predicted octanol–water partition coefficient (Wildman–Crippen LogP) is 5.74. The molecule has 0 radical (unpaired) electrons. The van der Waals surface area contributed by atoms with Crippen molar-refractivity contribution in [2.45, 2.75) is 6.92 Å². The Hall–Kier alpha value is -3.79. The van der Waals surface area contributed by atoms with Crippen LogP contribution in [-0.2, 0) is 0 Å². The second-order valence-corrected chi connectivity index (χ2v) is 7.07. The summed E-state index contributed by atoms with van der Waals surface area (Å²) in [6.07, 6.45) is 0. The molecule has 1 amide bonds. The van der Waals surface area contributed by atoms with Gasteiger partial charge in [0.1, 0.15) is 5.75 Å². The van der Waals surface area contributed by atoms with Gasteiger partial charge in [0.2, 0.25) is 0 Å². The fourth-order valence-electron chi connectivity index (χ4n) is 3.70. The fourth-order valence-corrected chi connectivity index (χ4v) is 3.70. The Bertz CT molecular complexity index is 1360. The van der Waals surface area contributed by atoms with E-state index in [1.807, 2.05) is 55.5 Å². The Morgan fingerprint density at radius 3 is 2.50 bits per heavy atom. The normalized spacial score (nSPS) is 11.3. The number of phenols is 1. The maximum absolute atomic E-state index is 12.7. The SMILES string of the molecule is Cc1ccc(NC(=O)c2cc3ccc4c5ccccc5[nH]c4c3cc2O)cc1. The lowest BCUT2D eigenvalue weighted by Crippen LogP contribution is -2.12. The van der Waals surface area contributed by atoms with Gasteiger partial charge in [-0.3, -0.25) is 4.79 Å². The molecule has 0 aliphatic heterocycles. The van der Waals surface area contributed by atoms with Crippen molar-refractivity contribution in [3.63, 3.8) is 0 Å². The summed E-state index contributed by atoms with van der Waals surface area (Å²) in [5.74, 6) is -0.372. The van der Waals surface area contributed by atoms with Crippen molar-refractivity contribution >= 4 is 44.2 Å². The molecule has 4 aromatic carbocycles. The highest BCUT2D eigenvalue weighted by Gasteiger charge is 2.15. The number of aromatic hydroxyl groups is 1. The summed E-state index contributed by atoms with van der Waals surface area (Å²) in [5.41, 5.74) is 4.07. The van der Waals surface area contributed by atoms with Crippen LogP contribution in [0.2, 0.25) is 0 Å². The smallest absolute Gasteiger partial charge is 0.259 e. The maximum atomic E-state index is 12.7. The van der Waals surface area contributed by atoms with Crippen molar-refractivity contribution in [1.29, 1.82) is 0 Å². The highest BCUT2D eigenvalue weighted by atomic mass is 16.3. The first-order valence-corrected chi connectivity index (χ1v) is 9.14. The molecule has 0 unspecified atom stereocenters. The molecule has 0 aliphatic rings. The minimum absolute atomic E-state index is 0.0386. The number of H-pyrrole nitrogens is 1. The number of aryl methyl sites for hydroxylation is 1. The number of hydrogen-bond acceptors (Lipinski definition) is 2. The zero-order chi connectivity index (χ0) is 19.3.